The van der Waals surface area contributed by atoms with E-state index >= 15 is 0 Å². The molecule has 1 saturated heterocycles. The molecule has 1 aliphatic rings. The topological polar surface area (TPSA) is 61.9 Å². The minimum atomic E-state index is -0.431. The van der Waals surface area contributed by atoms with E-state index in [-0.39, 0.29) is 18.3 Å². The second kappa shape index (κ2) is 9.37. The normalized spacial score (nSPS) is 14.7. The van der Waals surface area contributed by atoms with E-state index in [1.807, 2.05) is 29.7 Å². The van der Waals surface area contributed by atoms with Crippen molar-refractivity contribution in [1.29, 1.82) is 0 Å². The van der Waals surface area contributed by atoms with Gasteiger partial charge in [-0.2, -0.15) is 0 Å². The molecule has 2 heterocycles. The van der Waals surface area contributed by atoms with Crippen molar-refractivity contribution in [3.8, 4) is 0 Å². The molecular formula is C21H26FN3O3S. The molecular weight excluding hydrogens is 393 g/mol. The summed E-state index contributed by atoms with van der Waals surface area (Å²) in [6.45, 7) is 6.77. The number of hydrogen-bond donors (Lipinski definition) is 1. The fourth-order valence-corrected chi connectivity index (χ4v) is 4.78. The number of anilines is 2. The van der Waals surface area contributed by atoms with Gasteiger partial charge in [0.15, 0.2) is 0 Å². The van der Waals surface area contributed by atoms with Crippen LogP contribution in [0.3, 0.4) is 0 Å². The van der Waals surface area contributed by atoms with E-state index in [0.29, 0.717) is 48.9 Å². The SMILES string of the molecule is CCc1c(C)sc(NC(=O)CN2CCN(c3ccccc3F)CC2)c1C(=O)OC. The van der Waals surface area contributed by atoms with E-state index in [4.69, 9.17) is 4.74 Å². The first-order valence-electron chi connectivity index (χ1n) is 9.66. The number of nitrogens with zero attached hydrogens (tertiary/aromatic N) is 2. The van der Waals surface area contributed by atoms with Crippen LogP contribution >= 0.6 is 11.3 Å². The number of benzene rings is 1. The first-order valence-corrected chi connectivity index (χ1v) is 10.5. The second-order valence-corrected chi connectivity index (χ2v) is 8.17. The largest absolute Gasteiger partial charge is 0.465 e. The van der Waals surface area contributed by atoms with Crippen molar-refractivity contribution in [2.45, 2.75) is 20.3 Å². The maximum Gasteiger partial charge on any atom is 0.341 e. The Morgan fingerprint density at radius 3 is 2.52 bits per heavy atom. The van der Waals surface area contributed by atoms with Crippen molar-refractivity contribution < 1.29 is 18.7 Å². The molecule has 0 unspecified atom stereocenters. The zero-order valence-electron chi connectivity index (χ0n) is 17.0. The number of thiophene rings is 1. The minimum Gasteiger partial charge on any atom is -0.465 e. The first-order chi connectivity index (χ1) is 13.9. The average Bonchev–Trinajstić information content (AvgIpc) is 3.03. The highest BCUT2D eigenvalue weighted by Gasteiger charge is 2.25. The molecule has 1 aromatic heterocycles. The summed E-state index contributed by atoms with van der Waals surface area (Å²) in [6.07, 6.45) is 0.695. The zero-order chi connectivity index (χ0) is 21.0. The van der Waals surface area contributed by atoms with Gasteiger partial charge in [-0.1, -0.05) is 19.1 Å². The minimum absolute atomic E-state index is 0.168. The van der Waals surface area contributed by atoms with Gasteiger partial charge in [-0.3, -0.25) is 9.69 Å². The molecule has 1 aliphatic heterocycles. The van der Waals surface area contributed by atoms with Crippen LogP contribution < -0.4 is 10.2 Å². The molecule has 0 saturated carbocycles. The molecule has 1 amide bonds. The van der Waals surface area contributed by atoms with Crippen LogP contribution in [0.15, 0.2) is 24.3 Å². The summed E-state index contributed by atoms with van der Waals surface area (Å²) in [5, 5.41) is 3.43. The number of carbonyl (C=O) groups is 2. The maximum absolute atomic E-state index is 14.0. The summed E-state index contributed by atoms with van der Waals surface area (Å²) in [5.74, 6) is -0.827. The van der Waals surface area contributed by atoms with Crippen molar-refractivity contribution in [2.75, 3.05) is 50.1 Å². The first kappa shape index (κ1) is 21.3. The number of piperazine rings is 1. The lowest BCUT2D eigenvalue weighted by Gasteiger charge is -2.35. The Morgan fingerprint density at radius 1 is 1.21 bits per heavy atom. The Balaban J connectivity index is 1.60. The molecule has 1 N–H and O–H groups in total. The molecule has 29 heavy (non-hydrogen) atoms. The van der Waals surface area contributed by atoms with E-state index in [0.717, 1.165) is 10.4 Å². The molecule has 0 radical (unpaired) electrons. The van der Waals surface area contributed by atoms with Crippen LogP contribution in [0, 0.1) is 12.7 Å². The lowest BCUT2D eigenvalue weighted by molar-refractivity contribution is -0.117. The van der Waals surface area contributed by atoms with Crippen LogP contribution in [0.1, 0.15) is 27.7 Å². The molecule has 156 valence electrons. The van der Waals surface area contributed by atoms with Gasteiger partial charge in [-0.15, -0.1) is 11.3 Å². The molecule has 0 atom stereocenters. The van der Waals surface area contributed by atoms with Crippen LogP contribution in [0.5, 0.6) is 0 Å². The van der Waals surface area contributed by atoms with Crippen LogP contribution in [-0.2, 0) is 16.0 Å². The Labute approximate surface area is 174 Å². The molecule has 0 aliphatic carbocycles. The van der Waals surface area contributed by atoms with Crippen molar-refractivity contribution in [1.82, 2.24) is 4.90 Å². The van der Waals surface area contributed by atoms with Crippen molar-refractivity contribution >= 4 is 33.9 Å². The lowest BCUT2D eigenvalue weighted by Crippen LogP contribution is -2.48. The number of rotatable bonds is 6. The Morgan fingerprint density at radius 2 is 1.90 bits per heavy atom. The highest BCUT2D eigenvalue weighted by atomic mass is 32.1. The van der Waals surface area contributed by atoms with Crippen molar-refractivity contribution in [3.05, 3.63) is 46.1 Å². The van der Waals surface area contributed by atoms with Crippen molar-refractivity contribution in [2.24, 2.45) is 0 Å². The van der Waals surface area contributed by atoms with Gasteiger partial charge < -0.3 is 15.0 Å². The number of nitrogens with one attached hydrogen (secondary N) is 1. The van der Waals surface area contributed by atoms with Gasteiger partial charge in [-0.05, 0) is 31.0 Å². The van der Waals surface area contributed by atoms with Gasteiger partial charge >= 0.3 is 5.97 Å². The summed E-state index contributed by atoms with van der Waals surface area (Å²) in [4.78, 5) is 29.8. The molecule has 1 fully saturated rings. The molecule has 6 nitrogen and oxygen atoms in total. The number of para-hydroxylation sites is 1. The molecule has 0 bridgehead atoms. The molecule has 2 aromatic rings. The molecule has 8 heteroatoms. The Hall–Kier alpha value is -2.45. The van der Waals surface area contributed by atoms with Crippen LogP contribution in [0.4, 0.5) is 15.1 Å². The second-order valence-electron chi connectivity index (χ2n) is 6.95. The average molecular weight is 420 g/mol. The van der Waals surface area contributed by atoms with E-state index in [1.54, 1.807) is 12.1 Å². The third-order valence-corrected chi connectivity index (χ3v) is 6.20. The number of ether oxygens (including phenoxy) is 1. The quantitative estimate of drug-likeness (QED) is 0.728. The maximum atomic E-state index is 14.0. The van der Waals surface area contributed by atoms with Crippen LogP contribution in [0.25, 0.3) is 0 Å². The van der Waals surface area contributed by atoms with Gasteiger partial charge in [0, 0.05) is 31.1 Å². The molecule has 1 aromatic carbocycles. The van der Waals surface area contributed by atoms with Gasteiger partial charge in [0.1, 0.15) is 10.8 Å². The van der Waals surface area contributed by atoms with Gasteiger partial charge in [0.2, 0.25) is 5.91 Å². The fourth-order valence-electron chi connectivity index (χ4n) is 3.63. The van der Waals surface area contributed by atoms with Crippen molar-refractivity contribution in [3.63, 3.8) is 0 Å². The fraction of sp³-hybridized carbons (Fsp3) is 0.429. The Kier molecular flexibility index (Phi) is 6.87. The smallest absolute Gasteiger partial charge is 0.341 e. The Bertz CT molecular complexity index is 891. The standard InChI is InChI=1S/C21H26FN3O3S/c1-4-15-14(2)29-20(19(15)21(27)28-3)23-18(26)13-24-9-11-25(12-10-24)17-8-6-5-7-16(17)22/h5-8H,4,9-13H2,1-3H3,(H,23,26). The number of hydrogen-bond acceptors (Lipinski definition) is 6. The number of aryl methyl sites for hydroxylation is 1. The molecule has 3 rings (SSSR count). The van der Waals surface area contributed by atoms with E-state index < -0.39 is 5.97 Å². The lowest BCUT2D eigenvalue weighted by atomic mass is 10.1. The highest BCUT2D eigenvalue weighted by Crippen LogP contribution is 2.34. The number of amides is 1. The third-order valence-electron chi connectivity index (χ3n) is 5.14. The van der Waals surface area contributed by atoms with Crippen LogP contribution in [0.2, 0.25) is 0 Å². The number of methoxy groups -OCH3 is 1. The van der Waals surface area contributed by atoms with E-state index in [9.17, 15) is 14.0 Å². The highest BCUT2D eigenvalue weighted by molar-refractivity contribution is 7.16. The summed E-state index contributed by atoms with van der Waals surface area (Å²) >= 11 is 1.40. The number of halogens is 1. The summed E-state index contributed by atoms with van der Waals surface area (Å²) in [5.41, 5.74) is 1.96. The van der Waals surface area contributed by atoms with Gasteiger partial charge in [0.05, 0.1) is 24.9 Å². The predicted octanol–water partition coefficient (Wildman–Crippen LogP) is 3.31. The van der Waals surface area contributed by atoms with Gasteiger partial charge in [0.25, 0.3) is 0 Å². The summed E-state index contributed by atoms with van der Waals surface area (Å²) < 4.78 is 18.9. The monoisotopic (exact) mass is 419 g/mol. The third kappa shape index (κ3) is 4.76. The van der Waals surface area contributed by atoms with Gasteiger partial charge in [-0.25, -0.2) is 9.18 Å². The summed E-state index contributed by atoms with van der Waals surface area (Å²) in [7, 11) is 1.34. The zero-order valence-corrected chi connectivity index (χ0v) is 17.8. The number of carbonyl (C=O) groups excluding carboxylic acids is 2. The van der Waals surface area contributed by atoms with E-state index in [1.165, 1.54) is 24.5 Å². The summed E-state index contributed by atoms with van der Waals surface area (Å²) in [6, 6.07) is 6.74. The van der Waals surface area contributed by atoms with Crippen LogP contribution in [-0.4, -0.2) is 56.6 Å². The molecule has 0 spiro atoms. The number of esters is 1. The predicted molar refractivity (Wildman–Crippen MR) is 113 cm³/mol. The van der Waals surface area contributed by atoms with E-state index in [2.05, 4.69) is 5.32 Å².